The van der Waals surface area contributed by atoms with Gasteiger partial charge in [-0.1, -0.05) is 0 Å². The number of nitrogens with one attached hydrogen (secondary N) is 2. The molecule has 1 unspecified atom stereocenters. The third-order valence-corrected chi connectivity index (χ3v) is 3.81. The van der Waals surface area contributed by atoms with E-state index in [9.17, 15) is 4.79 Å². The van der Waals surface area contributed by atoms with E-state index in [-0.39, 0.29) is 5.91 Å². The summed E-state index contributed by atoms with van der Waals surface area (Å²) < 4.78 is 5.51. The normalized spacial score (nSPS) is 22.6. The maximum Gasteiger partial charge on any atom is 0.273 e. The average Bonchev–Trinajstić information content (AvgIpc) is 2.96. The van der Waals surface area contributed by atoms with Crippen LogP contribution >= 0.6 is 0 Å². The highest BCUT2D eigenvalue weighted by Crippen LogP contribution is 2.42. The van der Waals surface area contributed by atoms with Crippen LogP contribution in [0.2, 0.25) is 0 Å². The predicted octanol–water partition coefficient (Wildman–Crippen LogP) is 1.17. The third-order valence-electron chi connectivity index (χ3n) is 3.81. The van der Waals surface area contributed by atoms with E-state index in [1.807, 2.05) is 0 Å². The number of aromatic nitrogens is 2. The standard InChI is InChI=1S/C13H20N4O2/c14-10-11(8-3-4-8)16-17-12(10)13(18)15-6-5-9-2-1-7-19-9/h8-9H,1-7,14H2,(H,15,18)(H,16,17). The van der Waals surface area contributed by atoms with Gasteiger partial charge in [-0.25, -0.2) is 0 Å². The number of carbonyl (C=O) groups is 1. The zero-order valence-electron chi connectivity index (χ0n) is 10.9. The second-order valence-corrected chi connectivity index (χ2v) is 5.35. The molecule has 2 aliphatic rings. The van der Waals surface area contributed by atoms with Crippen LogP contribution in [0.25, 0.3) is 0 Å². The van der Waals surface area contributed by atoms with E-state index in [4.69, 9.17) is 10.5 Å². The topological polar surface area (TPSA) is 93.0 Å². The first-order valence-corrected chi connectivity index (χ1v) is 6.99. The van der Waals surface area contributed by atoms with E-state index in [0.717, 1.165) is 44.4 Å². The number of nitrogens with zero attached hydrogens (tertiary/aromatic N) is 1. The molecule has 104 valence electrons. The Morgan fingerprint density at radius 1 is 1.47 bits per heavy atom. The maximum atomic E-state index is 12.0. The molecule has 1 aliphatic heterocycles. The minimum atomic E-state index is -0.196. The molecule has 1 aromatic rings. The van der Waals surface area contributed by atoms with Crippen molar-refractivity contribution in [1.29, 1.82) is 0 Å². The molecule has 0 spiro atoms. The molecule has 1 saturated heterocycles. The fraction of sp³-hybridized carbons (Fsp3) is 0.692. The Balaban J connectivity index is 1.51. The Kier molecular flexibility index (Phi) is 3.42. The quantitative estimate of drug-likeness (QED) is 0.744. The van der Waals surface area contributed by atoms with E-state index in [1.165, 1.54) is 0 Å². The van der Waals surface area contributed by atoms with Gasteiger partial charge in [0.25, 0.3) is 5.91 Å². The van der Waals surface area contributed by atoms with Gasteiger partial charge >= 0.3 is 0 Å². The molecule has 1 atom stereocenters. The van der Waals surface area contributed by atoms with Crippen LogP contribution in [-0.4, -0.2) is 35.4 Å². The number of hydrogen-bond donors (Lipinski definition) is 3. The van der Waals surface area contributed by atoms with Crippen LogP contribution in [0.1, 0.15) is 54.2 Å². The lowest BCUT2D eigenvalue weighted by Gasteiger charge is -2.09. The highest BCUT2D eigenvalue weighted by molar-refractivity contribution is 5.97. The number of ether oxygens (including phenoxy) is 1. The van der Waals surface area contributed by atoms with Crippen LogP contribution in [0, 0.1) is 0 Å². The number of amides is 1. The minimum absolute atomic E-state index is 0.196. The smallest absolute Gasteiger partial charge is 0.273 e. The second-order valence-electron chi connectivity index (χ2n) is 5.35. The molecule has 1 saturated carbocycles. The molecule has 1 aliphatic carbocycles. The van der Waals surface area contributed by atoms with Crippen LogP contribution in [0.3, 0.4) is 0 Å². The van der Waals surface area contributed by atoms with E-state index >= 15 is 0 Å². The lowest BCUT2D eigenvalue weighted by molar-refractivity contribution is 0.0904. The van der Waals surface area contributed by atoms with Crippen LogP contribution in [0.5, 0.6) is 0 Å². The maximum absolute atomic E-state index is 12.0. The Bertz CT molecular complexity index is 461. The first kappa shape index (κ1) is 12.5. The Morgan fingerprint density at radius 3 is 3.00 bits per heavy atom. The summed E-state index contributed by atoms with van der Waals surface area (Å²) in [5, 5.41) is 9.78. The zero-order chi connectivity index (χ0) is 13.2. The summed E-state index contributed by atoms with van der Waals surface area (Å²) in [7, 11) is 0. The summed E-state index contributed by atoms with van der Waals surface area (Å²) in [5.74, 6) is 0.277. The minimum Gasteiger partial charge on any atom is -0.395 e. The van der Waals surface area contributed by atoms with Gasteiger partial charge in [0.15, 0.2) is 5.69 Å². The van der Waals surface area contributed by atoms with Crippen LogP contribution in [-0.2, 0) is 4.74 Å². The van der Waals surface area contributed by atoms with Gasteiger partial charge in [-0.3, -0.25) is 9.89 Å². The third kappa shape index (κ3) is 2.73. The summed E-state index contributed by atoms with van der Waals surface area (Å²) >= 11 is 0. The largest absolute Gasteiger partial charge is 0.395 e. The number of hydrogen-bond acceptors (Lipinski definition) is 4. The highest BCUT2D eigenvalue weighted by atomic mass is 16.5. The number of carbonyl (C=O) groups excluding carboxylic acids is 1. The van der Waals surface area contributed by atoms with E-state index in [0.29, 0.717) is 29.9 Å². The molecule has 0 bridgehead atoms. The van der Waals surface area contributed by atoms with Crippen molar-refractivity contribution in [3.8, 4) is 0 Å². The van der Waals surface area contributed by atoms with Crippen molar-refractivity contribution >= 4 is 11.6 Å². The Labute approximate surface area is 112 Å². The van der Waals surface area contributed by atoms with Crippen LogP contribution in [0.15, 0.2) is 0 Å². The van der Waals surface area contributed by atoms with Crippen molar-refractivity contribution in [1.82, 2.24) is 15.5 Å². The van der Waals surface area contributed by atoms with Gasteiger partial charge in [-0.2, -0.15) is 5.10 Å². The molecule has 2 fully saturated rings. The molecule has 1 aromatic heterocycles. The molecule has 0 aromatic carbocycles. The van der Waals surface area contributed by atoms with Gasteiger partial charge in [0.05, 0.1) is 17.5 Å². The van der Waals surface area contributed by atoms with Crippen LogP contribution in [0.4, 0.5) is 5.69 Å². The molecule has 3 rings (SSSR count). The van der Waals surface area contributed by atoms with Gasteiger partial charge < -0.3 is 15.8 Å². The van der Waals surface area contributed by atoms with Crippen molar-refractivity contribution < 1.29 is 9.53 Å². The van der Waals surface area contributed by atoms with Crippen molar-refractivity contribution in [3.63, 3.8) is 0 Å². The summed E-state index contributed by atoms with van der Waals surface area (Å²) in [4.78, 5) is 12.0. The van der Waals surface area contributed by atoms with Gasteiger partial charge in [0.2, 0.25) is 0 Å². The van der Waals surface area contributed by atoms with Gasteiger partial charge in [0.1, 0.15) is 0 Å². The monoisotopic (exact) mass is 264 g/mol. The molecule has 4 N–H and O–H groups in total. The van der Waals surface area contributed by atoms with Gasteiger partial charge in [0, 0.05) is 19.1 Å². The first-order chi connectivity index (χ1) is 9.25. The SMILES string of the molecule is Nc1c(C(=O)NCCC2CCCO2)n[nH]c1C1CC1. The summed E-state index contributed by atoms with van der Waals surface area (Å²) in [6.45, 7) is 1.45. The molecule has 0 radical (unpaired) electrons. The molecule has 19 heavy (non-hydrogen) atoms. The van der Waals surface area contributed by atoms with Crippen molar-refractivity contribution in [2.75, 3.05) is 18.9 Å². The molecule has 6 nitrogen and oxygen atoms in total. The predicted molar refractivity (Wildman–Crippen MR) is 70.9 cm³/mol. The number of nitrogens with two attached hydrogens (primary N) is 1. The highest BCUT2D eigenvalue weighted by Gasteiger charge is 2.30. The fourth-order valence-corrected chi connectivity index (χ4v) is 2.52. The molecule has 2 heterocycles. The van der Waals surface area contributed by atoms with Gasteiger partial charge in [-0.15, -0.1) is 0 Å². The fourth-order valence-electron chi connectivity index (χ4n) is 2.52. The van der Waals surface area contributed by atoms with Crippen molar-refractivity contribution in [2.45, 2.75) is 44.1 Å². The van der Waals surface area contributed by atoms with Gasteiger partial charge in [-0.05, 0) is 32.1 Å². The lowest BCUT2D eigenvalue weighted by atomic mass is 10.2. The molecule has 6 heteroatoms. The van der Waals surface area contributed by atoms with E-state index in [2.05, 4.69) is 15.5 Å². The summed E-state index contributed by atoms with van der Waals surface area (Å²) in [6, 6.07) is 0. The Hall–Kier alpha value is -1.56. The average molecular weight is 264 g/mol. The van der Waals surface area contributed by atoms with Crippen molar-refractivity contribution in [3.05, 3.63) is 11.4 Å². The van der Waals surface area contributed by atoms with E-state index in [1.54, 1.807) is 0 Å². The molecule has 1 amide bonds. The first-order valence-electron chi connectivity index (χ1n) is 6.99. The number of anilines is 1. The zero-order valence-corrected chi connectivity index (χ0v) is 10.9. The Morgan fingerprint density at radius 2 is 2.32 bits per heavy atom. The second kappa shape index (κ2) is 5.21. The summed E-state index contributed by atoms with van der Waals surface area (Å²) in [5.41, 5.74) is 7.72. The molecular formula is C13H20N4O2. The number of rotatable bonds is 5. The van der Waals surface area contributed by atoms with Crippen molar-refractivity contribution in [2.24, 2.45) is 0 Å². The molecular weight excluding hydrogens is 244 g/mol. The number of H-pyrrole nitrogens is 1. The summed E-state index contributed by atoms with van der Waals surface area (Å²) in [6.07, 6.45) is 5.62. The van der Waals surface area contributed by atoms with E-state index < -0.39 is 0 Å². The van der Waals surface area contributed by atoms with Crippen LogP contribution < -0.4 is 11.1 Å². The number of aromatic amines is 1. The number of nitrogen functional groups attached to an aromatic ring is 1. The lowest BCUT2D eigenvalue weighted by Crippen LogP contribution is -2.28.